The summed E-state index contributed by atoms with van der Waals surface area (Å²) in [6.45, 7) is 9.96. The van der Waals surface area contributed by atoms with Crippen LogP contribution in [0.15, 0.2) is 39.7 Å². The van der Waals surface area contributed by atoms with Crippen LogP contribution in [0.1, 0.15) is 33.5 Å². The van der Waals surface area contributed by atoms with Gasteiger partial charge in [0.1, 0.15) is 11.3 Å². The summed E-state index contributed by atoms with van der Waals surface area (Å²) >= 11 is 0. The Morgan fingerprint density at radius 2 is 2.04 bits per heavy atom. The summed E-state index contributed by atoms with van der Waals surface area (Å²) in [7, 11) is 1.09. The molecule has 0 spiro atoms. The average Bonchev–Trinajstić information content (AvgIpc) is 2.95. The average molecular weight is 364 g/mol. The number of rotatable bonds is 6. The SMILES string of the molecule is CCNC(=NCCS(=O)C(C)(C)C)N(C)Cc1cc2ccccc2o1. The maximum atomic E-state index is 12.2. The number of nitrogens with zero attached hydrogens (tertiary/aromatic N) is 2. The zero-order valence-electron chi connectivity index (χ0n) is 15.8. The molecule has 0 amide bonds. The highest BCUT2D eigenvalue weighted by atomic mass is 32.2. The van der Waals surface area contributed by atoms with Crippen LogP contribution >= 0.6 is 0 Å². The van der Waals surface area contributed by atoms with E-state index in [1.807, 2.05) is 63.9 Å². The number of fused-ring (bicyclic) bond motifs is 1. The smallest absolute Gasteiger partial charge is 0.194 e. The summed E-state index contributed by atoms with van der Waals surface area (Å²) in [4.78, 5) is 6.64. The zero-order valence-corrected chi connectivity index (χ0v) is 16.7. The van der Waals surface area contributed by atoms with Crippen LogP contribution < -0.4 is 5.32 Å². The number of aliphatic imine (C=N–C) groups is 1. The Morgan fingerprint density at radius 1 is 1.32 bits per heavy atom. The Morgan fingerprint density at radius 3 is 2.68 bits per heavy atom. The van der Waals surface area contributed by atoms with Crippen LogP contribution in [-0.2, 0) is 17.3 Å². The van der Waals surface area contributed by atoms with E-state index in [1.165, 1.54) is 0 Å². The second kappa shape index (κ2) is 8.52. The van der Waals surface area contributed by atoms with Crippen molar-refractivity contribution in [3.8, 4) is 0 Å². The van der Waals surface area contributed by atoms with Gasteiger partial charge in [-0.3, -0.25) is 9.20 Å². The number of furan rings is 1. The molecule has 138 valence electrons. The first-order chi connectivity index (χ1) is 11.8. The molecule has 2 rings (SSSR count). The molecule has 0 radical (unpaired) electrons. The zero-order chi connectivity index (χ0) is 18.4. The van der Waals surface area contributed by atoms with Gasteiger partial charge < -0.3 is 14.6 Å². The molecule has 0 aliphatic heterocycles. The van der Waals surface area contributed by atoms with Crippen LogP contribution in [0.3, 0.4) is 0 Å². The molecule has 1 aromatic heterocycles. The molecule has 0 fully saturated rings. The van der Waals surface area contributed by atoms with Gasteiger partial charge in [0.2, 0.25) is 0 Å². The summed E-state index contributed by atoms with van der Waals surface area (Å²) < 4.78 is 17.8. The lowest BCUT2D eigenvalue weighted by atomic mass is 10.2. The molecule has 1 unspecified atom stereocenters. The van der Waals surface area contributed by atoms with E-state index in [-0.39, 0.29) is 4.75 Å². The summed E-state index contributed by atoms with van der Waals surface area (Å²) in [6.07, 6.45) is 0. The quantitative estimate of drug-likeness (QED) is 0.631. The van der Waals surface area contributed by atoms with Crippen molar-refractivity contribution in [1.82, 2.24) is 10.2 Å². The molecule has 1 heterocycles. The van der Waals surface area contributed by atoms with Gasteiger partial charge in [-0.15, -0.1) is 0 Å². The van der Waals surface area contributed by atoms with Gasteiger partial charge in [-0.1, -0.05) is 18.2 Å². The van der Waals surface area contributed by atoms with Gasteiger partial charge in [-0.05, 0) is 39.8 Å². The molecule has 0 saturated carbocycles. The van der Waals surface area contributed by atoms with Crippen molar-refractivity contribution < 1.29 is 8.63 Å². The van der Waals surface area contributed by atoms with Gasteiger partial charge in [0, 0.05) is 40.3 Å². The van der Waals surface area contributed by atoms with E-state index >= 15 is 0 Å². The molecule has 2 aromatic rings. The fraction of sp³-hybridized carbons (Fsp3) is 0.526. The van der Waals surface area contributed by atoms with E-state index < -0.39 is 10.8 Å². The lowest BCUT2D eigenvalue weighted by Gasteiger charge is -2.21. The van der Waals surface area contributed by atoms with Crippen molar-refractivity contribution in [1.29, 1.82) is 0 Å². The maximum Gasteiger partial charge on any atom is 0.194 e. The second-order valence-corrected chi connectivity index (χ2v) is 9.33. The molecule has 0 aliphatic carbocycles. The Balaban J connectivity index is 2.02. The van der Waals surface area contributed by atoms with Gasteiger partial charge in [-0.2, -0.15) is 0 Å². The van der Waals surface area contributed by atoms with Gasteiger partial charge >= 0.3 is 0 Å². The first kappa shape index (κ1) is 19.5. The molecule has 1 atom stereocenters. The molecule has 1 N–H and O–H groups in total. The summed E-state index contributed by atoms with van der Waals surface area (Å²) in [5.74, 6) is 2.26. The Hall–Kier alpha value is -1.82. The highest BCUT2D eigenvalue weighted by Crippen LogP contribution is 2.19. The van der Waals surface area contributed by atoms with Gasteiger partial charge in [-0.25, -0.2) is 0 Å². The minimum atomic E-state index is -0.891. The van der Waals surface area contributed by atoms with Gasteiger partial charge in [0.15, 0.2) is 5.96 Å². The standard InChI is InChI=1S/C19H29N3O2S/c1-6-20-18(21-11-12-25(23)19(2,3)4)22(5)14-16-13-15-9-7-8-10-17(15)24-16/h7-10,13H,6,11-12,14H2,1-5H3,(H,20,21). The number of benzene rings is 1. The van der Waals surface area contributed by atoms with E-state index in [0.29, 0.717) is 18.8 Å². The van der Waals surface area contributed by atoms with Crippen molar-refractivity contribution in [2.45, 2.75) is 39.0 Å². The summed E-state index contributed by atoms with van der Waals surface area (Å²) in [5, 5.41) is 4.39. The lowest BCUT2D eigenvalue weighted by molar-refractivity contribution is 0.413. The molecule has 0 saturated heterocycles. The number of hydrogen-bond acceptors (Lipinski definition) is 3. The normalized spacial score (nSPS) is 13.9. The number of para-hydroxylation sites is 1. The Labute approximate surface area is 153 Å². The minimum Gasteiger partial charge on any atom is -0.459 e. The van der Waals surface area contributed by atoms with Crippen molar-refractivity contribution >= 4 is 27.7 Å². The van der Waals surface area contributed by atoms with Crippen molar-refractivity contribution in [2.24, 2.45) is 4.99 Å². The highest BCUT2D eigenvalue weighted by Gasteiger charge is 2.18. The predicted octanol–water partition coefficient (Wildman–Crippen LogP) is 3.38. The maximum absolute atomic E-state index is 12.2. The molecular weight excluding hydrogens is 334 g/mol. The predicted molar refractivity (Wildman–Crippen MR) is 106 cm³/mol. The van der Waals surface area contributed by atoms with E-state index in [2.05, 4.69) is 16.4 Å². The van der Waals surface area contributed by atoms with Crippen LogP contribution in [0.5, 0.6) is 0 Å². The second-order valence-electron chi connectivity index (χ2n) is 7.00. The first-order valence-electron chi connectivity index (χ1n) is 8.66. The number of guanidine groups is 1. The topological polar surface area (TPSA) is 57.8 Å². The molecule has 5 nitrogen and oxygen atoms in total. The molecule has 1 aromatic carbocycles. The van der Waals surface area contributed by atoms with E-state index in [1.54, 1.807) is 0 Å². The fourth-order valence-electron chi connectivity index (χ4n) is 2.43. The van der Waals surface area contributed by atoms with Crippen LogP contribution in [0.4, 0.5) is 0 Å². The van der Waals surface area contributed by atoms with E-state index in [9.17, 15) is 4.21 Å². The van der Waals surface area contributed by atoms with Gasteiger partial charge in [0.25, 0.3) is 0 Å². The number of nitrogens with one attached hydrogen (secondary N) is 1. The monoisotopic (exact) mass is 363 g/mol. The third-order valence-corrected chi connectivity index (χ3v) is 5.71. The largest absolute Gasteiger partial charge is 0.459 e. The van der Waals surface area contributed by atoms with E-state index in [0.717, 1.165) is 29.2 Å². The third kappa shape index (κ3) is 5.59. The van der Waals surface area contributed by atoms with E-state index in [4.69, 9.17) is 4.42 Å². The highest BCUT2D eigenvalue weighted by molar-refractivity contribution is 7.86. The van der Waals surface area contributed by atoms with Crippen LogP contribution in [0, 0.1) is 0 Å². The van der Waals surface area contributed by atoms with Crippen molar-refractivity contribution in [2.75, 3.05) is 25.9 Å². The molecule has 0 aliphatic rings. The summed E-state index contributed by atoms with van der Waals surface area (Å²) in [6, 6.07) is 10.1. The fourth-order valence-corrected chi connectivity index (χ4v) is 3.30. The lowest BCUT2D eigenvalue weighted by Crippen LogP contribution is -2.38. The molecular formula is C19H29N3O2S. The Kier molecular flexibility index (Phi) is 6.64. The van der Waals surface area contributed by atoms with Crippen LogP contribution in [0.25, 0.3) is 11.0 Å². The summed E-state index contributed by atoms with van der Waals surface area (Å²) in [5.41, 5.74) is 0.897. The van der Waals surface area contributed by atoms with Crippen molar-refractivity contribution in [3.05, 3.63) is 36.1 Å². The van der Waals surface area contributed by atoms with Crippen LogP contribution in [0.2, 0.25) is 0 Å². The third-order valence-electron chi connectivity index (χ3n) is 3.79. The number of hydrogen-bond donors (Lipinski definition) is 1. The van der Waals surface area contributed by atoms with Crippen molar-refractivity contribution in [3.63, 3.8) is 0 Å². The Bertz CT molecular complexity index is 713. The molecule has 25 heavy (non-hydrogen) atoms. The molecule has 0 bridgehead atoms. The first-order valence-corrected chi connectivity index (χ1v) is 9.98. The van der Waals surface area contributed by atoms with Gasteiger partial charge in [0.05, 0.1) is 13.1 Å². The van der Waals surface area contributed by atoms with Crippen LogP contribution in [-0.4, -0.2) is 45.7 Å². The minimum absolute atomic E-state index is 0.200. The molecule has 6 heteroatoms.